The lowest BCUT2D eigenvalue weighted by molar-refractivity contribution is 0.686. The molecular formula is C17H20N2. The number of aryl methyl sites for hydroxylation is 2. The van der Waals surface area contributed by atoms with Crippen LogP contribution in [-0.2, 0) is 19.4 Å². The molecule has 2 nitrogen and oxygen atoms in total. The maximum Gasteiger partial charge on any atom is 0.0597 e. The van der Waals surface area contributed by atoms with Crippen LogP contribution in [-0.4, -0.2) is 4.98 Å². The minimum atomic E-state index is 0.804. The van der Waals surface area contributed by atoms with Crippen LogP contribution in [0, 0.1) is 6.92 Å². The molecule has 0 aliphatic heterocycles. The molecule has 0 unspecified atom stereocenters. The van der Waals surface area contributed by atoms with Gasteiger partial charge in [-0.2, -0.15) is 0 Å². The van der Waals surface area contributed by atoms with Crippen molar-refractivity contribution in [2.24, 2.45) is 0 Å². The van der Waals surface area contributed by atoms with Crippen molar-refractivity contribution in [2.75, 3.05) is 5.32 Å². The second-order valence-electron chi connectivity index (χ2n) is 5.27. The summed E-state index contributed by atoms with van der Waals surface area (Å²) in [5, 5.41) is 3.55. The van der Waals surface area contributed by atoms with Gasteiger partial charge in [0.1, 0.15) is 0 Å². The first-order valence-electron chi connectivity index (χ1n) is 7.10. The van der Waals surface area contributed by atoms with E-state index in [2.05, 4.69) is 40.6 Å². The van der Waals surface area contributed by atoms with Crippen molar-refractivity contribution in [1.82, 2.24) is 4.98 Å². The summed E-state index contributed by atoms with van der Waals surface area (Å²) in [4.78, 5) is 4.54. The van der Waals surface area contributed by atoms with Crippen molar-refractivity contribution in [3.05, 3.63) is 58.9 Å². The Morgan fingerprint density at radius 1 is 1.05 bits per heavy atom. The van der Waals surface area contributed by atoms with Crippen LogP contribution in [0.25, 0.3) is 0 Å². The van der Waals surface area contributed by atoms with Crippen molar-refractivity contribution >= 4 is 5.69 Å². The molecule has 0 bridgehead atoms. The van der Waals surface area contributed by atoms with Crippen LogP contribution in [0.15, 0.2) is 36.4 Å². The molecule has 1 N–H and O–H groups in total. The fraction of sp³-hybridized carbons (Fsp3) is 0.353. The average molecular weight is 252 g/mol. The number of aromatic nitrogens is 1. The van der Waals surface area contributed by atoms with Gasteiger partial charge in [0, 0.05) is 11.4 Å². The SMILES string of the molecule is Cc1cccc(CNc2cccc3c2CCCC3)n1. The van der Waals surface area contributed by atoms with Crippen molar-refractivity contribution < 1.29 is 0 Å². The van der Waals surface area contributed by atoms with E-state index in [4.69, 9.17) is 0 Å². The molecule has 1 aromatic carbocycles. The summed E-state index contributed by atoms with van der Waals surface area (Å²) in [7, 11) is 0. The van der Waals surface area contributed by atoms with Gasteiger partial charge in [-0.15, -0.1) is 0 Å². The topological polar surface area (TPSA) is 24.9 Å². The van der Waals surface area contributed by atoms with Gasteiger partial charge in [-0.25, -0.2) is 0 Å². The van der Waals surface area contributed by atoms with Gasteiger partial charge in [0.25, 0.3) is 0 Å². The van der Waals surface area contributed by atoms with Crippen molar-refractivity contribution in [3.63, 3.8) is 0 Å². The summed E-state index contributed by atoms with van der Waals surface area (Å²) in [6.07, 6.45) is 5.08. The van der Waals surface area contributed by atoms with E-state index >= 15 is 0 Å². The second-order valence-corrected chi connectivity index (χ2v) is 5.27. The molecule has 0 atom stereocenters. The van der Waals surface area contributed by atoms with Crippen LogP contribution in [0.5, 0.6) is 0 Å². The molecular weight excluding hydrogens is 232 g/mol. The van der Waals surface area contributed by atoms with Crippen molar-refractivity contribution in [1.29, 1.82) is 0 Å². The molecule has 1 aliphatic rings. The molecule has 98 valence electrons. The van der Waals surface area contributed by atoms with Crippen LogP contribution >= 0.6 is 0 Å². The quantitative estimate of drug-likeness (QED) is 0.896. The Balaban J connectivity index is 1.77. The van der Waals surface area contributed by atoms with E-state index in [1.54, 1.807) is 0 Å². The molecule has 0 saturated heterocycles. The predicted octanol–water partition coefficient (Wildman–Crippen LogP) is 3.88. The van der Waals surface area contributed by atoms with E-state index in [0.29, 0.717) is 0 Å². The second kappa shape index (κ2) is 5.43. The third kappa shape index (κ3) is 2.78. The van der Waals surface area contributed by atoms with E-state index in [0.717, 1.165) is 17.9 Å². The summed E-state index contributed by atoms with van der Waals surface area (Å²) in [6.45, 7) is 2.84. The molecule has 0 fully saturated rings. The number of hydrogen-bond donors (Lipinski definition) is 1. The highest BCUT2D eigenvalue weighted by Crippen LogP contribution is 2.28. The number of nitrogens with one attached hydrogen (secondary N) is 1. The Morgan fingerprint density at radius 2 is 1.89 bits per heavy atom. The Bertz CT molecular complexity index is 575. The minimum absolute atomic E-state index is 0.804. The minimum Gasteiger partial charge on any atom is -0.379 e. The standard InChI is InChI=1S/C17H20N2/c1-13-6-4-9-15(19-13)12-18-17-11-5-8-14-7-2-3-10-16(14)17/h4-6,8-9,11,18H,2-3,7,10,12H2,1H3. The number of fused-ring (bicyclic) bond motifs is 1. The fourth-order valence-electron chi connectivity index (χ4n) is 2.83. The molecule has 1 heterocycles. The highest BCUT2D eigenvalue weighted by Gasteiger charge is 2.12. The largest absolute Gasteiger partial charge is 0.379 e. The summed E-state index contributed by atoms with van der Waals surface area (Å²) >= 11 is 0. The smallest absolute Gasteiger partial charge is 0.0597 e. The lowest BCUT2D eigenvalue weighted by Gasteiger charge is -2.20. The Hall–Kier alpha value is -1.83. The van der Waals surface area contributed by atoms with E-state index < -0.39 is 0 Å². The van der Waals surface area contributed by atoms with Gasteiger partial charge < -0.3 is 5.32 Å². The van der Waals surface area contributed by atoms with Gasteiger partial charge in [-0.05, 0) is 61.9 Å². The molecule has 2 heteroatoms. The zero-order chi connectivity index (χ0) is 13.1. The van der Waals surface area contributed by atoms with Gasteiger partial charge in [0.05, 0.1) is 12.2 Å². The summed E-state index contributed by atoms with van der Waals surface area (Å²) < 4.78 is 0. The summed E-state index contributed by atoms with van der Waals surface area (Å²) in [5.41, 5.74) is 6.51. The number of rotatable bonds is 3. The Morgan fingerprint density at radius 3 is 2.79 bits per heavy atom. The van der Waals surface area contributed by atoms with Crippen molar-refractivity contribution in [3.8, 4) is 0 Å². The number of anilines is 1. The highest BCUT2D eigenvalue weighted by atomic mass is 14.9. The number of hydrogen-bond acceptors (Lipinski definition) is 2. The van der Waals surface area contributed by atoms with E-state index in [1.165, 1.54) is 42.5 Å². The maximum atomic E-state index is 4.54. The lowest BCUT2D eigenvalue weighted by atomic mass is 9.90. The molecule has 0 saturated carbocycles. The summed E-state index contributed by atoms with van der Waals surface area (Å²) in [5.74, 6) is 0. The maximum absolute atomic E-state index is 4.54. The molecule has 0 spiro atoms. The highest BCUT2D eigenvalue weighted by molar-refractivity contribution is 5.55. The molecule has 1 aromatic heterocycles. The third-order valence-electron chi connectivity index (χ3n) is 3.80. The Kier molecular flexibility index (Phi) is 3.49. The fourth-order valence-corrected chi connectivity index (χ4v) is 2.83. The van der Waals surface area contributed by atoms with E-state index in [9.17, 15) is 0 Å². The molecule has 0 radical (unpaired) electrons. The van der Waals surface area contributed by atoms with Gasteiger partial charge >= 0.3 is 0 Å². The zero-order valence-electron chi connectivity index (χ0n) is 11.4. The van der Waals surface area contributed by atoms with Gasteiger partial charge in [-0.3, -0.25) is 4.98 Å². The number of benzene rings is 1. The molecule has 3 rings (SSSR count). The van der Waals surface area contributed by atoms with Crippen molar-refractivity contribution in [2.45, 2.75) is 39.2 Å². The average Bonchev–Trinajstić information content (AvgIpc) is 2.45. The van der Waals surface area contributed by atoms with E-state index in [1.807, 2.05) is 13.0 Å². The van der Waals surface area contributed by atoms with Gasteiger partial charge in [0.15, 0.2) is 0 Å². The van der Waals surface area contributed by atoms with Crippen LogP contribution in [0.4, 0.5) is 5.69 Å². The Labute approximate surface area is 114 Å². The number of pyridine rings is 1. The molecule has 2 aromatic rings. The van der Waals surface area contributed by atoms with Gasteiger partial charge in [0.2, 0.25) is 0 Å². The first-order valence-corrected chi connectivity index (χ1v) is 7.10. The van der Waals surface area contributed by atoms with Gasteiger partial charge in [-0.1, -0.05) is 18.2 Å². The van der Waals surface area contributed by atoms with Crippen LogP contribution in [0.3, 0.4) is 0 Å². The molecule has 19 heavy (non-hydrogen) atoms. The molecule has 1 aliphatic carbocycles. The van der Waals surface area contributed by atoms with E-state index in [-0.39, 0.29) is 0 Å². The van der Waals surface area contributed by atoms with Crippen LogP contribution in [0.2, 0.25) is 0 Å². The normalized spacial score (nSPS) is 13.9. The van der Waals surface area contributed by atoms with Crippen LogP contribution in [0.1, 0.15) is 35.4 Å². The first kappa shape index (κ1) is 12.2. The lowest BCUT2D eigenvalue weighted by Crippen LogP contribution is -2.09. The summed E-state index contributed by atoms with van der Waals surface area (Å²) in [6, 6.07) is 12.8. The number of nitrogens with zero attached hydrogens (tertiary/aromatic N) is 1. The zero-order valence-corrected chi connectivity index (χ0v) is 11.4. The predicted molar refractivity (Wildman–Crippen MR) is 79.4 cm³/mol. The first-order chi connectivity index (χ1) is 9.33. The van der Waals surface area contributed by atoms with Crippen LogP contribution < -0.4 is 5.32 Å². The molecule has 0 amide bonds. The third-order valence-corrected chi connectivity index (χ3v) is 3.80. The monoisotopic (exact) mass is 252 g/mol.